The lowest BCUT2D eigenvalue weighted by Crippen LogP contribution is -2.38. The lowest BCUT2D eigenvalue weighted by molar-refractivity contribution is 0.0720. The molecule has 2 aromatic heterocycles. The lowest BCUT2D eigenvalue weighted by atomic mass is 9.86. The van der Waals surface area contributed by atoms with Crippen molar-refractivity contribution in [2.24, 2.45) is 7.05 Å². The molecule has 0 aliphatic carbocycles. The molecule has 1 aromatic carbocycles. The maximum atomic E-state index is 12.7. The quantitative estimate of drug-likeness (QED) is 0.728. The molecular formula is C17H16N4OS. The summed E-state index contributed by atoms with van der Waals surface area (Å²) in [6.45, 7) is 1.28. The van der Waals surface area contributed by atoms with Crippen LogP contribution in [0.2, 0.25) is 0 Å². The molecule has 1 atom stereocenters. The number of thiazole rings is 1. The van der Waals surface area contributed by atoms with Crippen LogP contribution in [-0.2, 0) is 13.6 Å². The first-order chi connectivity index (χ1) is 11.2. The number of nitrogens with zero attached hydrogens (tertiary/aromatic N) is 4. The summed E-state index contributed by atoms with van der Waals surface area (Å²) in [6.07, 6.45) is 3.91. The van der Waals surface area contributed by atoms with E-state index in [9.17, 15) is 4.79 Å². The van der Waals surface area contributed by atoms with Gasteiger partial charge in [0.05, 0.1) is 11.7 Å². The molecule has 3 aromatic rings. The number of fused-ring (bicyclic) bond motifs is 1. The topological polar surface area (TPSA) is 51.0 Å². The SMILES string of the molecule is Cn1cc([C@@H]2CN(C(=O)c3cscn3)Cc3ccccc32)cn1. The van der Waals surface area contributed by atoms with Gasteiger partial charge in [-0.15, -0.1) is 11.3 Å². The molecule has 0 unspecified atom stereocenters. The Kier molecular flexibility index (Phi) is 3.46. The molecule has 4 rings (SSSR count). The van der Waals surface area contributed by atoms with Gasteiger partial charge in [0.1, 0.15) is 5.69 Å². The van der Waals surface area contributed by atoms with Gasteiger partial charge >= 0.3 is 0 Å². The van der Waals surface area contributed by atoms with Gasteiger partial charge in [-0.2, -0.15) is 5.10 Å². The van der Waals surface area contributed by atoms with Crippen LogP contribution in [0.25, 0.3) is 0 Å². The molecule has 0 saturated carbocycles. The van der Waals surface area contributed by atoms with Gasteiger partial charge < -0.3 is 4.90 Å². The fourth-order valence-electron chi connectivity index (χ4n) is 3.15. The van der Waals surface area contributed by atoms with E-state index in [1.807, 2.05) is 35.8 Å². The Labute approximate surface area is 138 Å². The summed E-state index contributed by atoms with van der Waals surface area (Å²) in [5.41, 5.74) is 5.83. The van der Waals surface area contributed by atoms with Crippen LogP contribution < -0.4 is 0 Å². The van der Waals surface area contributed by atoms with Crippen LogP contribution in [0.3, 0.4) is 0 Å². The minimum absolute atomic E-state index is 0.00496. The van der Waals surface area contributed by atoms with Gasteiger partial charge in [0.2, 0.25) is 0 Å². The van der Waals surface area contributed by atoms with Crippen LogP contribution in [0.15, 0.2) is 47.5 Å². The molecule has 5 nitrogen and oxygen atoms in total. The standard InChI is InChI=1S/C17H16N4OS/c1-20-7-13(6-19-20)15-9-21(17(22)16-10-23-11-18-16)8-12-4-2-3-5-14(12)15/h2-7,10-11,15H,8-9H2,1H3/t15-/m0/s1. The monoisotopic (exact) mass is 324 g/mol. The van der Waals surface area contributed by atoms with Crippen LogP contribution in [-0.4, -0.2) is 32.1 Å². The molecule has 1 aliphatic rings. The van der Waals surface area contributed by atoms with Gasteiger partial charge in [0.25, 0.3) is 5.91 Å². The van der Waals surface area contributed by atoms with Crippen molar-refractivity contribution in [3.63, 3.8) is 0 Å². The zero-order valence-electron chi connectivity index (χ0n) is 12.7. The third kappa shape index (κ3) is 2.55. The van der Waals surface area contributed by atoms with Gasteiger partial charge in [0.15, 0.2) is 0 Å². The molecule has 23 heavy (non-hydrogen) atoms. The van der Waals surface area contributed by atoms with Crippen molar-refractivity contribution in [3.8, 4) is 0 Å². The number of carbonyl (C=O) groups excluding carboxylic acids is 1. The third-order valence-electron chi connectivity index (χ3n) is 4.26. The second-order valence-corrected chi connectivity index (χ2v) is 6.48. The summed E-state index contributed by atoms with van der Waals surface area (Å²) in [6, 6.07) is 8.33. The fraction of sp³-hybridized carbons (Fsp3) is 0.235. The van der Waals surface area contributed by atoms with E-state index in [-0.39, 0.29) is 11.8 Å². The Balaban J connectivity index is 1.72. The Morgan fingerprint density at radius 2 is 2.22 bits per heavy atom. The highest BCUT2D eigenvalue weighted by Gasteiger charge is 2.30. The molecule has 0 N–H and O–H groups in total. The maximum absolute atomic E-state index is 12.7. The van der Waals surface area contributed by atoms with E-state index in [4.69, 9.17) is 0 Å². The largest absolute Gasteiger partial charge is 0.332 e. The average molecular weight is 324 g/mol. The highest BCUT2D eigenvalue weighted by atomic mass is 32.1. The molecule has 1 amide bonds. The molecule has 1 aliphatic heterocycles. The Morgan fingerprint density at radius 1 is 1.35 bits per heavy atom. The summed E-state index contributed by atoms with van der Waals surface area (Å²) in [7, 11) is 1.91. The van der Waals surface area contributed by atoms with E-state index in [0.717, 1.165) is 5.56 Å². The van der Waals surface area contributed by atoms with Crippen LogP contribution in [0.4, 0.5) is 0 Å². The first-order valence-electron chi connectivity index (χ1n) is 7.46. The minimum Gasteiger partial charge on any atom is -0.332 e. The van der Waals surface area contributed by atoms with Crippen molar-refractivity contribution in [3.05, 3.63) is 69.9 Å². The van der Waals surface area contributed by atoms with Gasteiger partial charge in [-0.1, -0.05) is 24.3 Å². The molecule has 3 heterocycles. The summed E-state index contributed by atoms with van der Waals surface area (Å²) in [4.78, 5) is 18.7. The van der Waals surface area contributed by atoms with Crippen molar-refractivity contribution < 1.29 is 4.79 Å². The molecule has 0 saturated heterocycles. The predicted molar refractivity (Wildman–Crippen MR) is 88.3 cm³/mol. The van der Waals surface area contributed by atoms with Crippen molar-refractivity contribution in [1.82, 2.24) is 19.7 Å². The molecule has 116 valence electrons. The second kappa shape index (κ2) is 5.62. The van der Waals surface area contributed by atoms with Crippen molar-refractivity contribution in [1.29, 1.82) is 0 Å². The number of rotatable bonds is 2. The van der Waals surface area contributed by atoms with Gasteiger partial charge in [-0.25, -0.2) is 4.98 Å². The van der Waals surface area contributed by atoms with Gasteiger partial charge in [0, 0.05) is 37.6 Å². The highest BCUT2D eigenvalue weighted by molar-refractivity contribution is 7.07. The van der Waals surface area contributed by atoms with Crippen LogP contribution in [0.5, 0.6) is 0 Å². The summed E-state index contributed by atoms with van der Waals surface area (Å²) in [5, 5.41) is 6.09. The molecule has 0 fully saturated rings. The zero-order chi connectivity index (χ0) is 15.8. The first-order valence-corrected chi connectivity index (χ1v) is 8.40. The summed E-state index contributed by atoms with van der Waals surface area (Å²) in [5.74, 6) is 0.144. The number of aryl methyl sites for hydroxylation is 1. The normalized spacial score (nSPS) is 17.1. The maximum Gasteiger partial charge on any atom is 0.273 e. The summed E-state index contributed by atoms with van der Waals surface area (Å²) >= 11 is 1.45. The van der Waals surface area contributed by atoms with Crippen molar-refractivity contribution >= 4 is 17.2 Å². The lowest BCUT2D eigenvalue weighted by Gasteiger charge is -2.34. The Morgan fingerprint density at radius 3 is 2.96 bits per heavy atom. The highest BCUT2D eigenvalue weighted by Crippen LogP contribution is 2.33. The number of carbonyl (C=O) groups is 1. The van der Waals surface area contributed by atoms with Gasteiger partial charge in [-0.3, -0.25) is 9.48 Å². The van der Waals surface area contributed by atoms with E-state index in [1.54, 1.807) is 10.2 Å². The zero-order valence-corrected chi connectivity index (χ0v) is 13.5. The average Bonchev–Trinajstić information content (AvgIpc) is 3.24. The van der Waals surface area contributed by atoms with Crippen LogP contribution in [0.1, 0.15) is 33.1 Å². The minimum atomic E-state index is -0.00496. The smallest absolute Gasteiger partial charge is 0.273 e. The summed E-state index contributed by atoms with van der Waals surface area (Å²) < 4.78 is 1.80. The fourth-order valence-corrected chi connectivity index (χ4v) is 3.67. The Hall–Kier alpha value is -2.47. The molecule has 0 radical (unpaired) electrons. The van der Waals surface area contributed by atoms with Crippen LogP contribution in [0, 0.1) is 0 Å². The third-order valence-corrected chi connectivity index (χ3v) is 4.85. The number of hydrogen-bond acceptors (Lipinski definition) is 4. The molecule has 6 heteroatoms. The Bertz CT molecular complexity index is 840. The van der Waals surface area contributed by atoms with E-state index >= 15 is 0 Å². The molecular weight excluding hydrogens is 308 g/mol. The van der Waals surface area contributed by atoms with E-state index in [0.29, 0.717) is 18.8 Å². The van der Waals surface area contributed by atoms with Crippen molar-refractivity contribution in [2.75, 3.05) is 6.54 Å². The van der Waals surface area contributed by atoms with Crippen molar-refractivity contribution in [2.45, 2.75) is 12.5 Å². The van der Waals surface area contributed by atoms with Gasteiger partial charge in [-0.05, 0) is 16.7 Å². The number of amides is 1. The molecule has 0 bridgehead atoms. The predicted octanol–water partition coefficient (Wildman–Crippen LogP) is 2.66. The number of hydrogen-bond donors (Lipinski definition) is 0. The number of aromatic nitrogens is 3. The molecule has 0 spiro atoms. The van der Waals surface area contributed by atoms with E-state index < -0.39 is 0 Å². The van der Waals surface area contributed by atoms with Crippen LogP contribution >= 0.6 is 11.3 Å². The second-order valence-electron chi connectivity index (χ2n) is 5.76. The number of benzene rings is 1. The first kappa shape index (κ1) is 14.1. The van der Waals surface area contributed by atoms with E-state index in [2.05, 4.69) is 28.3 Å². The van der Waals surface area contributed by atoms with E-state index in [1.165, 1.54) is 22.5 Å².